The summed E-state index contributed by atoms with van der Waals surface area (Å²) in [5.41, 5.74) is 7.31. The molecule has 0 saturated heterocycles. The molecule has 0 aliphatic heterocycles. The van der Waals surface area contributed by atoms with Crippen LogP contribution in [0.4, 0.5) is 23.1 Å². The summed E-state index contributed by atoms with van der Waals surface area (Å²) < 4.78 is 0. The number of benzene rings is 1. The van der Waals surface area contributed by atoms with E-state index in [2.05, 4.69) is 15.3 Å². The summed E-state index contributed by atoms with van der Waals surface area (Å²) in [5.74, 6) is 1.43. The molecule has 1 aromatic heterocycles. The monoisotopic (exact) mass is 229 g/mol. The lowest BCUT2D eigenvalue weighted by Gasteiger charge is -2.11. The molecular formula is C12H15N5. The second kappa shape index (κ2) is 4.69. The van der Waals surface area contributed by atoms with Gasteiger partial charge in [-0.2, -0.15) is 4.98 Å². The Bertz CT molecular complexity index is 493. The van der Waals surface area contributed by atoms with Crippen molar-refractivity contribution in [3.05, 3.63) is 36.5 Å². The van der Waals surface area contributed by atoms with Gasteiger partial charge in [-0.05, 0) is 30.3 Å². The molecule has 0 aliphatic rings. The maximum absolute atomic E-state index is 5.62. The molecule has 0 saturated carbocycles. The Morgan fingerprint density at radius 3 is 2.47 bits per heavy atom. The molecule has 2 aromatic rings. The van der Waals surface area contributed by atoms with Crippen LogP contribution < -0.4 is 16.0 Å². The van der Waals surface area contributed by atoms with Gasteiger partial charge in [0.1, 0.15) is 5.82 Å². The van der Waals surface area contributed by atoms with Crippen LogP contribution in [-0.2, 0) is 0 Å². The smallest absolute Gasteiger partial charge is 0.226 e. The molecular weight excluding hydrogens is 214 g/mol. The van der Waals surface area contributed by atoms with E-state index >= 15 is 0 Å². The molecule has 0 spiro atoms. The third-order valence-electron chi connectivity index (χ3n) is 2.23. The number of anilines is 4. The van der Waals surface area contributed by atoms with Crippen LogP contribution in [0.5, 0.6) is 0 Å². The van der Waals surface area contributed by atoms with Gasteiger partial charge in [0, 0.05) is 31.7 Å². The largest absolute Gasteiger partial charge is 0.399 e. The van der Waals surface area contributed by atoms with Crippen molar-refractivity contribution in [3.8, 4) is 0 Å². The minimum atomic E-state index is 0.672. The molecule has 0 radical (unpaired) electrons. The normalized spacial score (nSPS) is 10.0. The first-order valence-corrected chi connectivity index (χ1v) is 5.28. The van der Waals surface area contributed by atoms with Gasteiger partial charge >= 0.3 is 0 Å². The SMILES string of the molecule is CN(C)c1nccc(Nc2ccc(N)cc2)n1. The van der Waals surface area contributed by atoms with Gasteiger partial charge in [0.05, 0.1) is 0 Å². The van der Waals surface area contributed by atoms with Gasteiger partial charge in [-0.25, -0.2) is 4.98 Å². The van der Waals surface area contributed by atoms with E-state index in [1.54, 1.807) is 6.20 Å². The zero-order chi connectivity index (χ0) is 12.3. The summed E-state index contributed by atoms with van der Waals surface area (Å²) in [5, 5.41) is 3.19. The van der Waals surface area contributed by atoms with E-state index in [4.69, 9.17) is 5.73 Å². The molecule has 0 amide bonds. The van der Waals surface area contributed by atoms with E-state index in [9.17, 15) is 0 Å². The van der Waals surface area contributed by atoms with Crippen molar-refractivity contribution in [3.63, 3.8) is 0 Å². The van der Waals surface area contributed by atoms with Crippen LogP contribution in [0, 0.1) is 0 Å². The summed E-state index contributed by atoms with van der Waals surface area (Å²) in [6.07, 6.45) is 1.72. The van der Waals surface area contributed by atoms with Gasteiger partial charge in [-0.15, -0.1) is 0 Å². The van der Waals surface area contributed by atoms with Crippen molar-refractivity contribution in [2.24, 2.45) is 0 Å². The van der Waals surface area contributed by atoms with Crippen molar-refractivity contribution < 1.29 is 0 Å². The third kappa shape index (κ3) is 2.84. The Balaban J connectivity index is 2.18. The average molecular weight is 229 g/mol. The number of hydrogen-bond donors (Lipinski definition) is 2. The maximum Gasteiger partial charge on any atom is 0.226 e. The molecule has 0 bridgehead atoms. The molecule has 88 valence electrons. The quantitative estimate of drug-likeness (QED) is 0.786. The molecule has 0 unspecified atom stereocenters. The van der Waals surface area contributed by atoms with E-state index in [1.807, 2.05) is 49.3 Å². The first kappa shape index (κ1) is 11.2. The highest BCUT2D eigenvalue weighted by Crippen LogP contribution is 2.16. The summed E-state index contributed by atoms with van der Waals surface area (Å²) in [7, 11) is 3.81. The number of nitrogen functional groups attached to an aromatic ring is 1. The fraction of sp³-hybridized carbons (Fsp3) is 0.167. The van der Waals surface area contributed by atoms with Crippen molar-refractivity contribution in [1.82, 2.24) is 9.97 Å². The van der Waals surface area contributed by atoms with Crippen LogP contribution in [0.2, 0.25) is 0 Å². The fourth-order valence-electron chi connectivity index (χ4n) is 1.35. The number of hydrogen-bond acceptors (Lipinski definition) is 5. The van der Waals surface area contributed by atoms with Crippen LogP contribution in [0.15, 0.2) is 36.5 Å². The number of nitrogens with two attached hydrogens (primary N) is 1. The van der Waals surface area contributed by atoms with Crippen LogP contribution in [0.25, 0.3) is 0 Å². The fourth-order valence-corrected chi connectivity index (χ4v) is 1.35. The van der Waals surface area contributed by atoms with Gasteiger partial charge in [0.2, 0.25) is 5.95 Å². The molecule has 2 rings (SSSR count). The summed E-state index contributed by atoms with van der Waals surface area (Å²) in [6.45, 7) is 0. The first-order valence-electron chi connectivity index (χ1n) is 5.28. The summed E-state index contributed by atoms with van der Waals surface area (Å²) in [6, 6.07) is 9.33. The molecule has 0 atom stereocenters. The highest BCUT2D eigenvalue weighted by Gasteiger charge is 2.01. The first-order chi connectivity index (χ1) is 8.15. The Hall–Kier alpha value is -2.30. The van der Waals surface area contributed by atoms with Crippen LogP contribution in [0.1, 0.15) is 0 Å². The zero-order valence-electron chi connectivity index (χ0n) is 9.88. The summed E-state index contributed by atoms with van der Waals surface area (Å²) in [4.78, 5) is 10.4. The molecule has 0 aliphatic carbocycles. The van der Waals surface area contributed by atoms with Gasteiger partial charge in [0.15, 0.2) is 0 Å². The zero-order valence-corrected chi connectivity index (χ0v) is 9.88. The van der Waals surface area contributed by atoms with Crippen LogP contribution in [0.3, 0.4) is 0 Å². The Morgan fingerprint density at radius 2 is 1.82 bits per heavy atom. The van der Waals surface area contributed by atoms with E-state index in [-0.39, 0.29) is 0 Å². The minimum absolute atomic E-state index is 0.672. The number of nitrogens with zero attached hydrogens (tertiary/aromatic N) is 3. The van der Waals surface area contributed by atoms with Gasteiger partial charge in [-0.3, -0.25) is 0 Å². The predicted molar refractivity (Wildman–Crippen MR) is 70.5 cm³/mol. The molecule has 3 N–H and O–H groups in total. The third-order valence-corrected chi connectivity index (χ3v) is 2.23. The molecule has 17 heavy (non-hydrogen) atoms. The lowest BCUT2D eigenvalue weighted by molar-refractivity contribution is 1.00. The lowest BCUT2D eigenvalue weighted by Crippen LogP contribution is -2.13. The number of aromatic nitrogens is 2. The predicted octanol–water partition coefficient (Wildman–Crippen LogP) is 1.87. The minimum Gasteiger partial charge on any atom is -0.399 e. The molecule has 5 heteroatoms. The molecule has 0 fully saturated rings. The van der Waals surface area contributed by atoms with Crippen molar-refractivity contribution in [2.45, 2.75) is 0 Å². The van der Waals surface area contributed by atoms with Gasteiger partial charge in [0.25, 0.3) is 0 Å². The van der Waals surface area contributed by atoms with E-state index < -0.39 is 0 Å². The second-order valence-electron chi connectivity index (χ2n) is 3.88. The van der Waals surface area contributed by atoms with Crippen molar-refractivity contribution in [1.29, 1.82) is 0 Å². The number of rotatable bonds is 3. The second-order valence-corrected chi connectivity index (χ2v) is 3.88. The van der Waals surface area contributed by atoms with Gasteiger partial charge in [-0.1, -0.05) is 0 Å². The topological polar surface area (TPSA) is 67.1 Å². The van der Waals surface area contributed by atoms with Crippen molar-refractivity contribution >= 4 is 23.1 Å². The Kier molecular flexibility index (Phi) is 3.09. The average Bonchev–Trinajstić information content (AvgIpc) is 2.32. The van der Waals surface area contributed by atoms with E-state index in [1.165, 1.54) is 0 Å². The van der Waals surface area contributed by atoms with E-state index in [0.29, 0.717) is 5.95 Å². The lowest BCUT2D eigenvalue weighted by atomic mass is 10.3. The summed E-state index contributed by atoms with van der Waals surface area (Å²) >= 11 is 0. The maximum atomic E-state index is 5.62. The van der Waals surface area contributed by atoms with Gasteiger partial charge < -0.3 is 16.0 Å². The molecule has 1 heterocycles. The highest BCUT2D eigenvalue weighted by atomic mass is 15.2. The van der Waals surface area contributed by atoms with E-state index in [0.717, 1.165) is 17.2 Å². The van der Waals surface area contributed by atoms with Crippen LogP contribution in [-0.4, -0.2) is 24.1 Å². The Morgan fingerprint density at radius 1 is 1.12 bits per heavy atom. The standard InChI is InChI=1S/C12H15N5/c1-17(2)12-14-8-7-11(16-12)15-10-5-3-9(13)4-6-10/h3-8H,13H2,1-2H3,(H,14,15,16). The van der Waals surface area contributed by atoms with Crippen LogP contribution >= 0.6 is 0 Å². The highest BCUT2D eigenvalue weighted by molar-refractivity contribution is 5.59. The number of nitrogens with one attached hydrogen (secondary N) is 1. The molecule has 1 aromatic carbocycles. The molecule has 5 nitrogen and oxygen atoms in total. The Labute approximate surface area is 100 Å². The van der Waals surface area contributed by atoms with Crippen molar-refractivity contribution in [2.75, 3.05) is 30.0 Å².